The maximum atomic E-state index is 6.85. The molecule has 0 amide bonds. The van der Waals surface area contributed by atoms with Crippen molar-refractivity contribution < 1.29 is 49.4 Å². The van der Waals surface area contributed by atoms with Gasteiger partial charge in [-0.1, -0.05) is 38.5 Å². The van der Waals surface area contributed by atoms with Crippen LogP contribution in [0.1, 0.15) is 38.5 Å². The van der Waals surface area contributed by atoms with E-state index in [1.165, 1.54) is 0 Å². The van der Waals surface area contributed by atoms with Crippen molar-refractivity contribution in [3.05, 3.63) is 33.6 Å². The first kappa shape index (κ1) is 42.7. The molecule has 0 aliphatic rings. The average Bonchev–Trinajstić information content (AvgIpc) is 2.70. The molecule has 0 heterocycles. The third-order valence-corrected chi connectivity index (χ3v) is 2.47. The topological polar surface area (TPSA) is 123 Å². The van der Waals surface area contributed by atoms with Crippen molar-refractivity contribution in [3.8, 4) is 0 Å². The van der Waals surface area contributed by atoms with E-state index in [0.717, 1.165) is 64.7 Å². The first-order valence-electron chi connectivity index (χ1n) is 8.40. The normalized spacial score (nSPS) is 9.31. The van der Waals surface area contributed by atoms with Gasteiger partial charge in [-0.3, -0.25) is 0 Å². The van der Waals surface area contributed by atoms with E-state index in [9.17, 15) is 0 Å². The number of unbranched alkanes of at least 4 members (excludes halogenated alkanes) is 2. The minimum atomic E-state index is -0.472. The number of nitrogens with one attached hydrogen (secondary N) is 4. The van der Waals surface area contributed by atoms with Crippen molar-refractivity contribution in [3.63, 3.8) is 0 Å². The third-order valence-electron chi connectivity index (χ3n) is 2.47. The van der Waals surface area contributed by atoms with Gasteiger partial charge in [0.15, 0.2) is 0 Å². The van der Waals surface area contributed by atoms with Crippen molar-refractivity contribution in [2.75, 3.05) is 52.4 Å². The smallest absolute Gasteiger partial charge is 0.0739 e. The van der Waals surface area contributed by atoms with Crippen molar-refractivity contribution >= 4 is 56.5 Å². The molecule has 0 saturated heterocycles. The Morgan fingerprint density at radius 1 is 0.414 bits per heavy atom. The fourth-order valence-electron chi connectivity index (χ4n) is 1.30. The van der Waals surface area contributed by atoms with Crippen molar-refractivity contribution in [1.82, 2.24) is 0 Å². The van der Waals surface area contributed by atoms with E-state index in [-0.39, 0.29) is 0 Å². The zero-order valence-corrected chi connectivity index (χ0v) is 27.4. The summed E-state index contributed by atoms with van der Waals surface area (Å²) >= 11 is -1.42. The second kappa shape index (κ2) is 57.9. The summed E-state index contributed by atoms with van der Waals surface area (Å²) in [6.45, 7) is 5.46. The molecule has 0 bridgehead atoms. The molecule has 0 aromatic carbocycles. The quantitative estimate of drug-likeness (QED) is 0.154. The van der Waals surface area contributed by atoms with Crippen LogP contribution in [-0.4, -0.2) is 52.4 Å². The molecule has 0 aliphatic carbocycles. The van der Waals surface area contributed by atoms with E-state index in [4.69, 9.17) is 79.4 Å². The summed E-state index contributed by atoms with van der Waals surface area (Å²) in [7, 11) is 29.2. The van der Waals surface area contributed by atoms with E-state index >= 15 is 0 Å². The van der Waals surface area contributed by atoms with Crippen molar-refractivity contribution in [2.45, 2.75) is 38.5 Å². The molecule has 0 aliphatic heterocycles. The Hall–Kier alpha value is 3.56. The Morgan fingerprint density at radius 2 is 0.621 bits per heavy atom. The van der Waals surface area contributed by atoms with E-state index in [1.807, 2.05) is 0 Å². The van der Waals surface area contributed by atoms with Crippen LogP contribution in [0.5, 0.6) is 0 Å². The summed E-state index contributed by atoms with van der Waals surface area (Å²) in [5.74, 6) is 0. The molecule has 0 atom stereocenters. The number of rotatable bonds is 14. The predicted molar refractivity (Wildman–Crippen MR) is 126 cm³/mol. The first-order valence-corrected chi connectivity index (χ1v) is 25.3. The summed E-state index contributed by atoms with van der Waals surface area (Å²) < 4.78 is 0. The maximum Gasteiger partial charge on any atom is -0.0739 e. The van der Waals surface area contributed by atoms with Crippen LogP contribution in [0.15, 0.2) is 0 Å². The van der Waals surface area contributed by atoms with Gasteiger partial charge < -0.3 is 33.6 Å². The van der Waals surface area contributed by atoms with E-state index in [1.54, 1.807) is 0 Å². The average molecular weight is 1080 g/mol. The molecule has 0 saturated carbocycles. The van der Waals surface area contributed by atoms with Crippen LogP contribution in [0.25, 0.3) is 33.6 Å². The molecule has 0 aromatic rings. The fraction of sp³-hybridized carbons (Fsp3) is 1.00. The van der Waals surface area contributed by atoms with Gasteiger partial charge in [0.2, 0.25) is 0 Å². The standard InChI is InChI=1S/2C7H16N3.6ClH.3Pt/c2*8-4-1-2-6-10-7-3-5-9;;;;;;;;;/h2*8-9H,1-7H2;6*1H;;;/q2*-3;;;;;;;3*+4/p-6. The molecule has 0 fully saturated rings. The van der Waals surface area contributed by atoms with E-state index < -0.39 is 49.4 Å². The van der Waals surface area contributed by atoms with Gasteiger partial charge in [-0.25, -0.2) is 0 Å². The van der Waals surface area contributed by atoms with Crippen molar-refractivity contribution in [1.29, 1.82) is 0 Å². The molecule has 0 spiro atoms. The predicted octanol–water partition coefficient (Wildman–Crippen LogP) is 9.40. The zero-order chi connectivity index (χ0) is 23.4. The summed E-state index contributed by atoms with van der Waals surface area (Å²) in [6, 6.07) is 0. The first-order chi connectivity index (χ1) is 14.1. The van der Waals surface area contributed by atoms with E-state index in [0.29, 0.717) is 26.2 Å². The van der Waals surface area contributed by atoms with Gasteiger partial charge in [0, 0.05) is 0 Å². The molecule has 29 heavy (non-hydrogen) atoms. The Bertz CT molecular complexity index is 176. The molecular formula is C14H32Cl6N6Pt3. The second-order valence-electron chi connectivity index (χ2n) is 4.60. The van der Waals surface area contributed by atoms with Gasteiger partial charge in [-0.15, -0.1) is 13.1 Å². The largest absolute Gasteiger partial charge is 0.677 e. The summed E-state index contributed by atoms with van der Waals surface area (Å²) in [5.41, 5.74) is 27.4. The third kappa shape index (κ3) is 89.4. The SMILES string of the molecule is [Cl][Pt+2][Cl].[Cl][Pt+2][Cl].[Cl][Pt+2][Cl].[NH-]CCCC[N-]CCC[NH-].[NH-]CCCC[N-]CCC[NH-]. The van der Waals surface area contributed by atoms with Gasteiger partial charge >= 0.3 is 106 Å². The number of halogens is 6. The molecule has 0 rings (SSSR count). The molecule has 4 N–H and O–H groups in total. The van der Waals surface area contributed by atoms with Crippen LogP contribution in [0.4, 0.5) is 0 Å². The number of nitrogens with zero attached hydrogens (tertiary/aromatic N) is 2. The minimum Gasteiger partial charge on any atom is -0.677 e. The Labute approximate surface area is 227 Å². The Balaban J connectivity index is -0.0000000943. The molecule has 6 nitrogen and oxygen atoms in total. The molecule has 15 heteroatoms. The van der Waals surface area contributed by atoms with Crippen LogP contribution in [-0.2, 0) is 49.4 Å². The van der Waals surface area contributed by atoms with Crippen LogP contribution in [0, 0.1) is 0 Å². The second-order valence-corrected chi connectivity index (χ2v) is 14.4. The number of hydrogen-bond donors (Lipinski definition) is 0. The van der Waals surface area contributed by atoms with Gasteiger partial charge in [-0.2, -0.15) is 39.3 Å². The summed E-state index contributed by atoms with van der Waals surface area (Å²) in [5, 5.41) is 8.39. The van der Waals surface area contributed by atoms with Crippen LogP contribution >= 0.6 is 56.5 Å². The molecule has 0 aromatic heterocycles. The van der Waals surface area contributed by atoms with Gasteiger partial charge in [0.05, 0.1) is 0 Å². The van der Waals surface area contributed by atoms with Gasteiger partial charge in [0.1, 0.15) is 0 Å². The molecular weight excluding hydrogens is 1050 g/mol. The fourth-order valence-corrected chi connectivity index (χ4v) is 1.30. The monoisotopic (exact) mass is 1080 g/mol. The van der Waals surface area contributed by atoms with Crippen LogP contribution < -0.4 is 0 Å². The zero-order valence-electron chi connectivity index (χ0n) is 16.0. The maximum absolute atomic E-state index is 6.85. The molecule has 190 valence electrons. The van der Waals surface area contributed by atoms with Crippen LogP contribution in [0.2, 0.25) is 0 Å². The van der Waals surface area contributed by atoms with E-state index in [2.05, 4.69) is 10.6 Å². The Kier molecular flexibility index (Phi) is 85.3. The minimum absolute atomic E-state index is 0.472. The van der Waals surface area contributed by atoms with Crippen molar-refractivity contribution in [2.24, 2.45) is 0 Å². The summed E-state index contributed by atoms with van der Waals surface area (Å²) in [6.07, 6.45) is 5.79. The molecule has 0 unspecified atom stereocenters. The van der Waals surface area contributed by atoms with Gasteiger partial charge in [-0.05, 0) is 0 Å². The van der Waals surface area contributed by atoms with Gasteiger partial charge in [0.25, 0.3) is 0 Å². The summed E-state index contributed by atoms with van der Waals surface area (Å²) in [4.78, 5) is 0. The Morgan fingerprint density at radius 3 is 0.828 bits per heavy atom. The number of hydrogen-bond acceptors (Lipinski definition) is 0. The molecule has 0 radical (unpaired) electrons. The van der Waals surface area contributed by atoms with Crippen LogP contribution in [0.3, 0.4) is 0 Å².